The summed E-state index contributed by atoms with van der Waals surface area (Å²) in [5.74, 6) is -2.80. The van der Waals surface area contributed by atoms with Crippen molar-refractivity contribution in [1.29, 1.82) is 0 Å². The van der Waals surface area contributed by atoms with Crippen LogP contribution in [0.15, 0.2) is 126 Å². The van der Waals surface area contributed by atoms with Crippen molar-refractivity contribution in [2.45, 2.75) is 96.3 Å². The summed E-state index contributed by atoms with van der Waals surface area (Å²) >= 11 is 0. The smallest absolute Gasteiger partial charge is 0.455 e. The van der Waals surface area contributed by atoms with Crippen molar-refractivity contribution in [3.8, 4) is 5.75 Å². The predicted octanol–water partition coefficient (Wildman–Crippen LogP) is 8.14. The topological polar surface area (TPSA) is 99.5 Å². The van der Waals surface area contributed by atoms with Crippen LogP contribution in [0, 0.1) is 23.6 Å². The van der Waals surface area contributed by atoms with E-state index in [9.17, 15) is 24.1 Å². The maximum Gasteiger partial charge on any atom is 0.455 e. The van der Waals surface area contributed by atoms with Gasteiger partial charge in [0.1, 0.15) is 0 Å². The number of benzene rings is 4. The van der Waals surface area contributed by atoms with Gasteiger partial charge in [0.15, 0.2) is 11.6 Å². The Bertz CT molecular complexity index is 2240. The summed E-state index contributed by atoms with van der Waals surface area (Å²) in [4.78, 5) is 33.6. The van der Waals surface area contributed by atoms with Crippen molar-refractivity contribution in [3.63, 3.8) is 0 Å². The number of halogens is 1. The third-order valence-corrected chi connectivity index (χ3v) is 18.9. The molecule has 11 heteroatoms. The minimum Gasteiger partial charge on any atom is -0.505 e. The summed E-state index contributed by atoms with van der Waals surface area (Å²) < 4.78 is 28.4. The molecule has 4 atom stereocenters. The molecule has 0 spiro atoms. The molecule has 3 aliphatic heterocycles. The molecule has 0 bridgehead atoms. The molecule has 8 rings (SSSR count). The quantitative estimate of drug-likeness (QED) is 0.0797. The molecular formula is C51H60BFN2O6Si. The first-order valence-electron chi connectivity index (χ1n) is 22.5. The van der Waals surface area contributed by atoms with Gasteiger partial charge in [0.25, 0.3) is 8.32 Å². The fraction of sp³-hybridized carbons (Fsp3) is 0.412. The number of imide groups is 1. The Balaban J connectivity index is 1.13. The number of nitrogens with zero attached hydrogens (tertiary/aromatic N) is 2. The van der Waals surface area contributed by atoms with E-state index in [1.165, 1.54) is 17.7 Å². The van der Waals surface area contributed by atoms with Gasteiger partial charge in [-0.2, -0.15) is 0 Å². The predicted molar refractivity (Wildman–Crippen MR) is 245 cm³/mol. The third kappa shape index (κ3) is 8.80. The molecule has 0 radical (unpaired) electrons. The Morgan fingerprint density at radius 3 is 2.13 bits per heavy atom. The highest BCUT2D eigenvalue weighted by Crippen LogP contribution is 2.52. The molecule has 62 heavy (non-hydrogen) atoms. The number of phenols is 1. The zero-order valence-electron chi connectivity index (χ0n) is 36.5. The lowest BCUT2D eigenvalue weighted by molar-refractivity contribution is -0.144. The van der Waals surface area contributed by atoms with Crippen LogP contribution in [-0.4, -0.2) is 79.0 Å². The van der Waals surface area contributed by atoms with E-state index < -0.39 is 44.9 Å². The summed E-state index contributed by atoms with van der Waals surface area (Å²) in [6, 6.07) is 35.6. The molecule has 324 valence electrons. The number of allylic oxidation sites excluding steroid dienone is 1. The summed E-state index contributed by atoms with van der Waals surface area (Å²) in [7, 11) is -4.11. The van der Waals surface area contributed by atoms with Crippen molar-refractivity contribution in [2.75, 3.05) is 19.7 Å². The summed E-state index contributed by atoms with van der Waals surface area (Å²) in [5, 5.41) is 23.3. The van der Waals surface area contributed by atoms with Crippen LogP contribution >= 0.6 is 0 Å². The second kappa shape index (κ2) is 18.6. The summed E-state index contributed by atoms with van der Waals surface area (Å²) in [6.07, 6.45) is 5.32. The third-order valence-electron chi connectivity index (χ3n) is 13.9. The molecule has 4 aromatic rings. The highest BCUT2D eigenvalue weighted by molar-refractivity contribution is 6.99. The molecular weight excluding hydrogens is 794 g/mol. The molecule has 3 fully saturated rings. The van der Waals surface area contributed by atoms with Gasteiger partial charge in [0.2, 0.25) is 11.8 Å². The van der Waals surface area contributed by atoms with Crippen LogP contribution in [0.25, 0.3) is 6.08 Å². The zero-order chi connectivity index (χ0) is 43.6. The maximum atomic E-state index is 14.8. The fourth-order valence-corrected chi connectivity index (χ4v) is 15.5. The number of hydrogen-bond acceptors (Lipinski definition) is 7. The van der Waals surface area contributed by atoms with Crippen molar-refractivity contribution in [3.05, 3.63) is 143 Å². The number of carbonyl (C=O) groups is 2. The average Bonchev–Trinajstić information content (AvgIpc) is 3.52. The molecule has 3 saturated heterocycles. The van der Waals surface area contributed by atoms with Crippen molar-refractivity contribution in [2.24, 2.45) is 17.8 Å². The Labute approximate surface area is 367 Å². The van der Waals surface area contributed by atoms with Crippen LogP contribution in [0.3, 0.4) is 0 Å². The van der Waals surface area contributed by atoms with E-state index in [-0.39, 0.29) is 41.7 Å². The lowest BCUT2D eigenvalue weighted by Gasteiger charge is -2.46. The van der Waals surface area contributed by atoms with E-state index in [1.54, 1.807) is 11.0 Å². The molecule has 0 unspecified atom stereocenters. The maximum absolute atomic E-state index is 14.8. The molecule has 0 aromatic heterocycles. The largest absolute Gasteiger partial charge is 0.505 e. The molecule has 1 aliphatic carbocycles. The first kappa shape index (κ1) is 44.0. The van der Waals surface area contributed by atoms with Crippen LogP contribution < -0.4 is 10.4 Å². The highest BCUT2D eigenvalue weighted by atomic mass is 28.4. The minimum absolute atomic E-state index is 0.0987. The van der Waals surface area contributed by atoms with Crippen LogP contribution in [0.4, 0.5) is 4.39 Å². The Hall–Kier alpha value is -4.65. The van der Waals surface area contributed by atoms with Gasteiger partial charge in [-0.05, 0) is 101 Å². The van der Waals surface area contributed by atoms with Gasteiger partial charge in [-0.1, -0.05) is 136 Å². The number of hydrogen-bond donors (Lipinski definition) is 2. The van der Waals surface area contributed by atoms with E-state index in [2.05, 4.69) is 105 Å². The van der Waals surface area contributed by atoms with Crippen LogP contribution in [0.5, 0.6) is 5.75 Å². The molecule has 0 saturated carbocycles. The Kier molecular flexibility index (Phi) is 13.2. The number of aromatic hydroxyl groups is 1. The number of phenolic OH excluding ortho intramolecular Hbond substituents is 1. The number of amides is 2. The first-order valence-corrected chi connectivity index (χ1v) is 24.4. The number of fused-ring (bicyclic) bond motifs is 3. The van der Waals surface area contributed by atoms with Crippen molar-refractivity contribution in [1.82, 2.24) is 9.80 Å². The molecule has 8 nitrogen and oxygen atoms in total. The molecule has 2 N–H and O–H groups in total. The van der Waals surface area contributed by atoms with E-state index in [0.29, 0.717) is 31.2 Å². The first-order chi connectivity index (χ1) is 29.9. The summed E-state index contributed by atoms with van der Waals surface area (Å²) in [6.45, 7) is 11.5. The van der Waals surface area contributed by atoms with E-state index in [4.69, 9.17) is 9.08 Å². The van der Waals surface area contributed by atoms with Crippen LogP contribution in [0.1, 0.15) is 77.3 Å². The van der Waals surface area contributed by atoms with Crippen LogP contribution in [-0.2, 0) is 25.2 Å². The number of carbonyl (C=O) groups excluding carboxylic acids is 2. The average molecular weight is 855 g/mol. The Morgan fingerprint density at radius 2 is 1.53 bits per heavy atom. The van der Waals surface area contributed by atoms with Gasteiger partial charge in [-0.3, -0.25) is 19.4 Å². The van der Waals surface area contributed by atoms with E-state index >= 15 is 0 Å². The van der Waals surface area contributed by atoms with Crippen molar-refractivity contribution >= 4 is 43.7 Å². The highest BCUT2D eigenvalue weighted by Gasteiger charge is 2.59. The number of piperidine rings is 1. The van der Waals surface area contributed by atoms with Gasteiger partial charge < -0.3 is 19.2 Å². The minimum atomic E-state index is -3.01. The number of likely N-dealkylation sites (tertiary alicyclic amines) is 2. The van der Waals surface area contributed by atoms with Gasteiger partial charge >= 0.3 is 7.12 Å². The molecule has 4 aliphatic rings. The Morgan fingerprint density at radius 1 is 0.903 bits per heavy atom. The molecule has 2 amide bonds. The monoisotopic (exact) mass is 854 g/mol. The van der Waals surface area contributed by atoms with E-state index in [0.717, 1.165) is 59.6 Å². The second-order valence-electron chi connectivity index (χ2n) is 18.7. The second-order valence-corrected chi connectivity index (χ2v) is 23.0. The van der Waals surface area contributed by atoms with Gasteiger partial charge in [-0.25, -0.2) is 4.39 Å². The lowest BCUT2D eigenvalue weighted by Crippen LogP contribution is -2.66. The SMILES string of the molecule is CC/C(=C\c1ccc(O)c(F)c1)CC[C@H]1OB(O)C[C@H]2C1=C(CO[Si](c1ccccc1)(c1ccccc1)C(C)(C)C)C[C@H]1C(=O)N(C3CCN(Cc4ccccc4)CC3)C(=O)[C@H]12. The van der Waals surface area contributed by atoms with Gasteiger partial charge in [-0.15, -0.1) is 0 Å². The lowest BCUT2D eigenvalue weighted by atomic mass is 9.58. The van der Waals surface area contributed by atoms with Gasteiger partial charge in [0.05, 0.1) is 24.5 Å². The zero-order valence-corrected chi connectivity index (χ0v) is 37.5. The standard InChI is InChI=1S/C51H60BFN2O6Si/c1-5-35(29-37-21-23-45(56)44(53)30-37)22-24-46-47-38(34-60-62(51(2,3)4,40-17-11-7-12-18-40)41-19-13-8-14-20-41)31-42-48(43(47)32-52(59)61-46)50(58)55(49(42)57)39-25-27-54(28-26-39)33-36-15-9-6-10-16-36/h6-21,23,29-30,39,42-43,46,48,56,59H,5,22,24-28,31-34H2,1-4H3/b35-29+/t42-,43+,46-,48-/m1/s1. The van der Waals surface area contributed by atoms with E-state index in [1.807, 2.05) is 24.3 Å². The molecule has 3 heterocycles. The number of rotatable bonds is 13. The normalized spacial score (nSPS) is 22.9. The van der Waals surface area contributed by atoms with Crippen LogP contribution in [0.2, 0.25) is 11.4 Å². The molecule has 4 aromatic carbocycles. The van der Waals surface area contributed by atoms with Gasteiger partial charge in [0, 0.05) is 25.7 Å². The summed E-state index contributed by atoms with van der Waals surface area (Å²) in [5.41, 5.74) is 4.94. The fourth-order valence-electron chi connectivity index (χ4n) is 10.9. The van der Waals surface area contributed by atoms with Crippen molar-refractivity contribution < 1.29 is 33.2 Å².